The minimum Gasteiger partial charge on any atom is -0.508 e. The molecule has 0 aliphatic carbocycles. The van der Waals surface area contributed by atoms with E-state index in [1.807, 2.05) is 0 Å². The predicted octanol–water partition coefficient (Wildman–Crippen LogP) is 2.55. The van der Waals surface area contributed by atoms with Crippen LogP contribution in [0.3, 0.4) is 0 Å². The lowest BCUT2D eigenvalue weighted by Crippen LogP contribution is -2.40. The molecule has 134 valence electrons. The highest BCUT2D eigenvalue weighted by molar-refractivity contribution is 5.85. The second-order valence-electron chi connectivity index (χ2n) is 7.01. The molecule has 0 aliphatic heterocycles. The molecule has 0 spiro atoms. The molecular formula is C17H25NO6. The van der Waals surface area contributed by atoms with Gasteiger partial charge in [-0.25, -0.2) is 9.59 Å². The van der Waals surface area contributed by atoms with Gasteiger partial charge in [-0.2, -0.15) is 0 Å². The molecule has 1 atom stereocenters. The molecule has 1 aromatic rings. The van der Waals surface area contributed by atoms with Crippen LogP contribution in [0.25, 0.3) is 0 Å². The maximum Gasteiger partial charge on any atom is 0.412 e. The predicted molar refractivity (Wildman–Crippen MR) is 89.0 cm³/mol. The number of aliphatic hydroxyl groups excluding tert-OH is 1. The molecule has 0 fully saturated rings. The maximum absolute atomic E-state index is 11.8. The summed E-state index contributed by atoms with van der Waals surface area (Å²) in [5.41, 5.74) is -1.14. The highest BCUT2D eigenvalue weighted by Crippen LogP contribution is 2.36. The average molecular weight is 339 g/mol. The summed E-state index contributed by atoms with van der Waals surface area (Å²) in [7, 11) is 1.17. The fraction of sp³-hybridized carbons (Fsp3) is 0.529. The Morgan fingerprint density at radius 1 is 1.17 bits per heavy atom. The van der Waals surface area contributed by atoms with Gasteiger partial charge in [-0.3, -0.25) is 5.32 Å². The van der Waals surface area contributed by atoms with Crippen molar-refractivity contribution in [1.82, 2.24) is 0 Å². The van der Waals surface area contributed by atoms with Gasteiger partial charge in [0.15, 0.2) is 6.10 Å². The number of phenols is 1. The van der Waals surface area contributed by atoms with Gasteiger partial charge in [0.1, 0.15) is 11.4 Å². The molecule has 0 heterocycles. The van der Waals surface area contributed by atoms with Crippen LogP contribution in [0.1, 0.15) is 40.2 Å². The summed E-state index contributed by atoms with van der Waals surface area (Å²) in [5, 5.41) is 22.8. The largest absolute Gasteiger partial charge is 0.508 e. The van der Waals surface area contributed by atoms with Crippen molar-refractivity contribution in [3.8, 4) is 5.75 Å². The van der Waals surface area contributed by atoms with Crippen molar-refractivity contribution in [1.29, 1.82) is 0 Å². The number of aliphatic hydroxyl groups is 1. The third kappa shape index (κ3) is 4.86. The van der Waals surface area contributed by atoms with E-state index in [-0.39, 0.29) is 11.3 Å². The van der Waals surface area contributed by atoms with E-state index in [0.717, 1.165) is 0 Å². The standard InChI is InChI=1S/C17H25NO6/c1-16(2,3)24-15(22)18-10-7-8-12(19)11(9-10)17(4,5)13(20)14(21)23-6/h7-9,13,19-20H,1-6H3,(H,18,22). The molecule has 0 bridgehead atoms. The minimum atomic E-state index is -1.48. The highest BCUT2D eigenvalue weighted by atomic mass is 16.6. The SMILES string of the molecule is COC(=O)C(O)C(C)(C)c1cc(NC(=O)OC(C)(C)C)ccc1O. The summed E-state index contributed by atoms with van der Waals surface area (Å²) in [6, 6.07) is 4.34. The molecule has 3 N–H and O–H groups in total. The number of amides is 1. The first-order valence-corrected chi connectivity index (χ1v) is 7.48. The summed E-state index contributed by atoms with van der Waals surface area (Å²) < 4.78 is 9.71. The molecule has 0 aromatic heterocycles. The van der Waals surface area contributed by atoms with Crippen molar-refractivity contribution in [3.05, 3.63) is 23.8 Å². The monoisotopic (exact) mass is 339 g/mol. The number of nitrogens with one attached hydrogen (secondary N) is 1. The Balaban J connectivity index is 3.10. The van der Waals surface area contributed by atoms with Crippen LogP contribution < -0.4 is 5.32 Å². The van der Waals surface area contributed by atoms with Gasteiger partial charge in [0.2, 0.25) is 0 Å². The quantitative estimate of drug-likeness (QED) is 0.575. The smallest absolute Gasteiger partial charge is 0.412 e. The molecule has 1 amide bonds. The summed E-state index contributed by atoms with van der Waals surface area (Å²) in [4.78, 5) is 23.5. The zero-order chi connectivity index (χ0) is 18.7. The van der Waals surface area contributed by atoms with Gasteiger partial charge in [0, 0.05) is 16.7 Å². The number of hydrogen-bond acceptors (Lipinski definition) is 6. The number of aromatic hydroxyl groups is 1. The van der Waals surface area contributed by atoms with E-state index < -0.39 is 29.2 Å². The number of anilines is 1. The minimum absolute atomic E-state index is 0.113. The lowest BCUT2D eigenvalue weighted by molar-refractivity contribution is -0.153. The second-order valence-corrected chi connectivity index (χ2v) is 7.01. The van der Waals surface area contributed by atoms with Gasteiger partial charge >= 0.3 is 12.1 Å². The first-order chi connectivity index (χ1) is 10.9. The topological polar surface area (TPSA) is 105 Å². The molecule has 0 saturated heterocycles. The molecule has 0 aliphatic rings. The Morgan fingerprint density at radius 3 is 2.25 bits per heavy atom. The van der Waals surface area contributed by atoms with E-state index in [1.165, 1.54) is 25.3 Å². The molecular weight excluding hydrogens is 314 g/mol. The van der Waals surface area contributed by atoms with Crippen LogP contribution in [-0.2, 0) is 19.7 Å². The average Bonchev–Trinajstić information content (AvgIpc) is 2.45. The lowest BCUT2D eigenvalue weighted by Gasteiger charge is -2.30. The van der Waals surface area contributed by atoms with Gasteiger partial charge < -0.3 is 19.7 Å². The molecule has 1 rings (SSSR count). The summed E-state index contributed by atoms with van der Waals surface area (Å²) >= 11 is 0. The molecule has 1 aromatic carbocycles. The van der Waals surface area contributed by atoms with Crippen molar-refractivity contribution in [2.75, 3.05) is 12.4 Å². The van der Waals surface area contributed by atoms with Crippen LogP contribution in [0.15, 0.2) is 18.2 Å². The number of phenolic OH excluding ortho intramolecular Hbond substituents is 1. The van der Waals surface area contributed by atoms with E-state index in [0.29, 0.717) is 5.69 Å². The zero-order valence-corrected chi connectivity index (χ0v) is 14.8. The van der Waals surface area contributed by atoms with E-state index in [2.05, 4.69) is 10.1 Å². The van der Waals surface area contributed by atoms with Gasteiger partial charge in [0.25, 0.3) is 0 Å². The number of carbonyl (C=O) groups is 2. The second kappa shape index (κ2) is 7.09. The Hall–Kier alpha value is -2.28. The summed E-state index contributed by atoms with van der Waals surface area (Å²) in [6.45, 7) is 8.39. The number of esters is 1. The Bertz CT molecular complexity index is 618. The van der Waals surface area contributed by atoms with Crippen LogP contribution in [0.5, 0.6) is 5.75 Å². The molecule has 0 radical (unpaired) electrons. The Labute approximate surface area is 141 Å². The molecule has 7 heteroatoms. The van der Waals surface area contributed by atoms with E-state index in [9.17, 15) is 19.8 Å². The first-order valence-electron chi connectivity index (χ1n) is 7.48. The number of rotatable bonds is 4. The van der Waals surface area contributed by atoms with E-state index in [1.54, 1.807) is 34.6 Å². The first kappa shape index (κ1) is 19.8. The fourth-order valence-corrected chi connectivity index (χ4v) is 2.10. The molecule has 7 nitrogen and oxygen atoms in total. The van der Waals surface area contributed by atoms with Crippen LogP contribution in [0.4, 0.5) is 10.5 Å². The third-order valence-corrected chi connectivity index (χ3v) is 3.44. The van der Waals surface area contributed by atoms with Crippen LogP contribution in [-0.4, -0.2) is 41.1 Å². The zero-order valence-electron chi connectivity index (χ0n) is 14.8. The van der Waals surface area contributed by atoms with Crippen molar-refractivity contribution in [2.45, 2.75) is 51.7 Å². The van der Waals surface area contributed by atoms with E-state index in [4.69, 9.17) is 4.74 Å². The van der Waals surface area contributed by atoms with Crippen LogP contribution in [0, 0.1) is 0 Å². The van der Waals surface area contributed by atoms with Crippen molar-refractivity contribution in [2.24, 2.45) is 0 Å². The van der Waals surface area contributed by atoms with Gasteiger partial charge in [-0.15, -0.1) is 0 Å². The Kier molecular flexibility index (Phi) is 5.84. The number of hydrogen-bond donors (Lipinski definition) is 3. The number of ether oxygens (including phenoxy) is 2. The fourth-order valence-electron chi connectivity index (χ4n) is 2.10. The lowest BCUT2D eigenvalue weighted by atomic mass is 9.78. The number of benzene rings is 1. The summed E-state index contributed by atoms with van der Waals surface area (Å²) in [5.74, 6) is -0.928. The van der Waals surface area contributed by atoms with Gasteiger partial charge in [0.05, 0.1) is 7.11 Å². The molecule has 24 heavy (non-hydrogen) atoms. The number of methoxy groups -OCH3 is 1. The van der Waals surface area contributed by atoms with Gasteiger partial charge in [-0.1, -0.05) is 13.8 Å². The van der Waals surface area contributed by atoms with Crippen molar-refractivity contribution in [3.63, 3.8) is 0 Å². The van der Waals surface area contributed by atoms with Crippen LogP contribution >= 0.6 is 0 Å². The van der Waals surface area contributed by atoms with Crippen molar-refractivity contribution >= 4 is 17.7 Å². The summed E-state index contributed by atoms with van der Waals surface area (Å²) in [6.07, 6.45) is -2.13. The van der Waals surface area contributed by atoms with Crippen LogP contribution in [0.2, 0.25) is 0 Å². The highest BCUT2D eigenvalue weighted by Gasteiger charge is 2.38. The van der Waals surface area contributed by atoms with E-state index >= 15 is 0 Å². The normalized spacial score (nSPS) is 13.1. The Morgan fingerprint density at radius 2 is 1.75 bits per heavy atom. The third-order valence-electron chi connectivity index (χ3n) is 3.44. The van der Waals surface area contributed by atoms with Gasteiger partial charge in [-0.05, 0) is 39.0 Å². The number of carbonyl (C=O) groups excluding carboxylic acids is 2. The van der Waals surface area contributed by atoms with Crippen molar-refractivity contribution < 1.29 is 29.3 Å². The molecule has 0 saturated carbocycles. The maximum atomic E-state index is 11.8. The molecule has 1 unspecified atom stereocenters.